The first-order valence-electron chi connectivity index (χ1n) is 12.1. The maximum Gasteiger partial charge on any atom is 0.239 e. The summed E-state index contributed by atoms with van der Waals surface area (Å²) >= 11 is 0. The van der Waals surface area contributed by atoms with Crippen LogP contribution in [0.1, 0.15) is 39.5 Å². The molecular formula is C22H41IN6O2. The van der Waals surface area contributed by atoms with Crippen LogP contribution in [0.25, 0.3) is 0 Å². The van der Waals surface area contributed by atoms with Crippen molar-refractivity contribution in [3.05, 3.63) is 0 Å². The Morgan fingerprint density at radius 1 is 1.06 bits per heavy atom. The first-order valence-corrected chi connectivity index (χ1v) is 12.1. The number of guanidine groups is 1. The molecule has 178 valence electrons. The quantitative estimate of drug-likeness (QED) is 0.315. The van der Waals surface area contributed by atoms with E-state index in [0.29, 0.717) is 11.9 Å². The predicted molar refractivity (Wildman–Crippen MR) is 134 cm³/mol. The average molecular weight is 549 g/mol. The number of morpholine rings is 1. The molecule has 0 spiro atoms. The Morgan fingerprint density at radius 2 is 1.81 bits per heavy atom. The van der Waals surface area contributed by atoms with Crippen molar-refractivity contribution in [2.45, 2.75) is 57.7 Å². The molecule has 1 amide bonds. The van der Waals surface area contributed by atoms with Crippen molar-refractivity contribution in [1.82, 2.24) is 24.9 Å². The predicted octanol–water partition coefficient (Wildman–Crippen LogP) is 1.06. The molecule has 4 aliphatic rings. The van der Waals surface area contributed by atoms with Crippen LogP contribution < -0.4 is 5.32 Å². The highest BCUT2D eigenvalue weighted by atomic mass is 127. The van der Waals surface area contributed by atoms with E-state index in [0.717, 1.165) is 84.3 Å². The number of fused-ring (bicyclic) bond motifs is 1. The molecule has 0 aromatic heterocycles. The molecule has 4 rings (SSSR count). The molecule has 4 aliphatic heterocycles. The van der Waals surface area contributed by atoms with Gasteiger partial charge in [-0.05, 0) is 46.1 Å². The van der Waals surface area contributed by atoms with Gasteiger partial charge in [0.05, 0.1) is 25.3 Å². The van der Waals surface area contributed by atoms with E-state index < -0.39 is 0 Å². The zero-order valence-corrected chi connectivity index (χ0v) is 21.6. The topological polar surface area (TPSA) is 63.7 Å². The minimum absolute atomic E-state index is 0. The van der Waals surface area contributed by atoms with Gasteiger partial charge in [-0.15, -0.1) is 24.0 Å². The Hall–Kier alpha value is -0.650. The molecule has 1 N–H and O–H groups in total. The number of amides is 1. The summed E-state index contributed by atoms with van der Waals surface area (Å²) in [6, 6.07) is 0.616. The zero-order valence-electron chi connectivity index (χ0n) is 19.3. The second-order valence-corrected chi connectivity index (χ2v) is 9.17. The molecule has 4 fully saturated rings. The van der Waals surface area contributed by atoms with E-state index in [4.69, 9.17) is 9.73 Å². The molecule has 4 heterocycles. The van der Waals surface area contributed by atoms with Crippen LogP contribution in [0.5, 0.6) is 0 Å². The van der Waals surface area contributed by atoms with E-state index in [1.165, 1.54) is 19.4 Å². The van der Waals surface area contributed by atoms with Crippen molar-refractivity contribution >= 4 is 35.8 Å². The second-order valence-electron chi connectivity index (χ2n) is 9.17. The summed E-state index contributed by atoms with van der Waals surface area (Å²) < 4.78 is 6.09. The third kappa shape index (κ3) is 6.23. The summed E-state index contributed by atoms with van der Waals surface area (Å²) in [5, 5.41) is 3.46. The van der Waals surface area contributed by atoms with E-state index in [9.17, 15) is 4.79 Å². The Labute approximate surface area is 204 Å². The Kier molecular flexibility index (Phi) is 9.66. The molecule has 0 aliphatic carbocycles. The van der Waals surface area contributed by atoms with E-state index in [1.807, 2.05) is 4.90 Å². The van der Waals surface area contributed by atoms with Crippen LogP contribution in [0.15, 0.2) is 4.99 Å². The van der Waals surface area contributed by atoms with Gasteiger partial charge in [0.1, 0.15) is 0 Å². The number of likely N-dealkylation sites (tertiary alicyclic amines) is 1. The number of aliphatic imine (C=N–C) groups is 1. The molecule has 3 atom stereocenters. The SMILES string of the molecule is CCNC(=NCC1CN2CCCC2CO1)N1CCN(C(C)C(=O)N2CCCC2)CC1.I. The third-order valence-corrected chi connectivity index (χ3v) is 7.18. The molecule has 4 saturated heterocycles. The Morgan fingerprint density at radius 3 is 2.52 bits per heavy atom. The average Bonchev–Trinajstić information content (AvgIpc) is 3.47. The molecule has 3 unspecified atom stereocenters. The Bertz CT molecular complexity index is 607. The maximum absolute atomic E-state index is 12.7. The fourth-order valence-electron chi connectivity index (χ4n) is 5.29. The highest BCUT2D eigenvalue weighted by molar-refractivity contribution is 14.0. The minimum atomic E-state index is -0.0196. The van der Waals surface area contributed by atoms with Gasteiger partial charge in [-0.3, -0.25) is 19.6 Å². The van der Waals surface area contributed by atoms with Gasteiger partial charge in [-0.25, -0.2) is 0 Å². The Balaban J connectivity index is 0.00000272. The van der Waals surface area contributed by atoms with Gasteiger partial charge in [0, 0.05) is 58.4 Å². The molecule has 9 heteroatoms. The number of carbonyl (C=O) groups excluding carboxylic acids is 1. The number of ether oxygens (including phenoxy) is 1. The number of piperazine rings is 1. The molecule has 8 nitrogen and oxygen atoms in total. The molecule has 0 bridgehead atoms. The van der Waals surface area contributed by atoms with Crippen molar-refractivity contribution in [3.63, 3.8) is 0 Å². The fourth-order valence-corrected chi connectivity index (χ4v) is 5.29. The summed E-state index contributed by atoms with van der Waals surface area (Å²) in [5.74, 6) is 1.29. The normalized spacial score (nSPS) is 28.9. The van der Waals surface area contributed by atoms with Crippen LogP contribution in [0.2, 0.25) is 0 Å². The van der Waals surface area contributed by atoms with Crippen LogP contribution in [-0.4, -0.2) is 122 Å². The summed E-state index contributed by atoms with van der Waals surface area (Å²) in [6.45, 7) is 14.3. The monoisotopic (exact) mass is 548 g/mol. The highest BCUT2D eigenvalue weighted by Crippen LogP contribution is 2.22. The lowest BCUT2D eigenvalue weighted by atomic mass is 10.2. The molecular weight excluding hydrogens is 507 g/mol. The van der Waals surface area contributed by atoms with Gasteiger partial charge in [-0.2, -0.15) is 0 Å². The van der Waals surface area contributed by atoms with Gasteiger partial charge in [-0.1, -0.05) is 0 Å². The molecule has 31 heavy (non-hydrogen) atoms. The summed E-state index contributed by atoms with van der Waals surface area (Å²) in [4.78, 5) is 27.0. The lowest BCUT2D eigenvalue weighted by Gasteiger charge is -2.40. The lowest BCUT2D eigenvalue weighted by molar-refractivity contribution is -0.135. The van der Waals surface area contributed by atoms with Crippen LogP contribution >= 0.6 is 24.0 Å². The summed E-state index contributed by atoms with van der Waals surface area (Å²) in [6.07, 6.45) is 5.08. The number of nitrogens with one attached hydrogen (secondary N) is 1. The van der Waals surface area contributed by atoms with E-state index in [2.05, 4.69) is 33.9 Å². The number of hydrogen-bond acceptors (Lipinski definition) is 5. The van der Waals surface area contributed by atoms with Crippen molar-refractivity contribution in [1.29, 1.82) is 0 Å². The number of rotatable bonds is 5. The van der Waals surface area contributed by atoms with Crippen molar-refractivity contribution < 1.29 is 9.53 Å². The summed E-state index contributed by atoms with van der Waals surface area (Å²) in [7, 11) is 0. The fraction of sp³-hybridized carbons (Fsp3) is 0.909. The second kappa shape index (κ2) is 12.0. The van der Waals surface area contributed by atoms with Crippen molar-refractivity contribution in [2.24, 2.45) is 4.99 Å². The van der Waals surface area contributed by atoms with Crippen molar-refractivity contribution in [2.75, 3.05) is 72.1 Å². The maximum atomic E-state index is 12.7. The van der Waals surface area contributed by atoms with Crippen LogP contribution in [0.4, 0.5) is 0 Å². The van der Waals surface area contributed by atoms with Gasteiger partial charge in [0.25, 0.3) is 0 Å². The van der Waals surface area contributed by atoms with Gasteiger partial charge >= 0.3 is 0 Å². The van der Waals surface area contributed by atoms with E-state index in [-0.39, 0.29) is 36.1 Å². The van der Waals surface area contributed by atoms with E-state index >= 15 is 0 Å². The first-order chi connectivity index (χ1) is 14.7. The standard InChI is InChI=1S/C22H40N6O2.HI/c1-3-23-22(24-15-20-16-28-10-6-7-19(28)17-30-20)27-13-11-25(12-14-27)18(2)21(29)26-8-4-5-9-26;/h18-20H,3-17H2,1-2H3,(H,23,24);1H. The largest absolute Gasteiger partial charge is 0.373 e. The number of hydrogen-bond donors (Lipinski definition) is 1. The van der Waals surface area contributed by atoms with Gasteiger partial charge in [0.15, 0.2) is 5.96 Å². The number of halogens is 1. The van der Waals surface area contributed by atoms with Crippen LogP contribution in [-0.2, 0) is 9.53 Å². The summed E-state index contributed by atoms with van der Waals surface area (Å²) in [5.41, 5.74) is 0. The highest BCUT2D eigenvalue weighted by Gasteiger charge is 2.33. The molecule has 0 saturated carbocycles. The molecule has 0 aromatic rings. The van der Waals surface area contributed by atoms with Crippen molar-refractivity contribution in [3.8, 4) is 0 Å². The third-order valence-electron chi connectivity index (χ3n) is 7.18. The molecule has 0 aromatic carbocycles. The zero-order chi connectivity index (χ0) is 20.9. The first kappa shape index (κ1) is 25.0. The van der Waals surface area contributed by atoms with Crippen LogP contribution in [0, 0.1) is 0 Å². The lowest BCUT2D eigenvalue weighted by Crippen LogP contribution is -2.57. The number of carbonyl (C=O) groups is 1. The number of nitrogens with zero attached hydrogens (tertiary/aromatic N) is 5. The smallest absolute Gasteiger partial charge is 0.239 e. The molecule has 0 radical (unpaired) electrons. The van der Waals surface area contributed by atoms with Crippen LogP contribution in [0.3, 0.4) is 0 Å². The van der Waals surface area contributed by atoms with Gasteiger partial charge in [0.2, 0.25) is 5.91 Å². The van der Waals surface area contributed by atoms with Gasteiger partial charge < -0.3 is 19.9 Å². The minimum Gasteiger partial charge on any atom is -0.373 e. The van der Waals surface area contributed by atoms with E-state index in [1.54, 1.807) is 0 Å².